The number of allylic oxidation sites excluding steroid dienone is 2. The molecule has 0 atom stereocenters. The molecular weight excluding hydrogens is 128 g/mol. The number of Topliss-reactive ketones (excluding diaryl/α,β-unsaturated/α-hetero) is 1. The third kappa shape index (κ3) is 3.00. The van der Waals surface area contributed by atoms with Crippen LogP contribution in [0.2, 0.25) is 0 Å². The molecule has 0 amide bonds. The smallest absolute Gasteiger partial charge is 0.162 e. The van der Waals surface area contributed by atoms with Crippen LogP contribution >= 0.6 is 0 Å². The number of carbonyl (C=O) groups is 1. The average Bonchev–Trinajstić information content (AvgIpc) is 1.87. The Morgan fingerprint density at radius 3 is 2.30 bits per heavy atom. The minimum Gasteiger partial charge on any atom is -0.294 e. The van der Waals surface area contributed by atoms with Crippen molar-refractivity contribution >= 4 is 11.7 Å². The third-order valence-corrected chi connectivity index (χ3v) is 1.08. The zero-order chi connectivity index (χ0) is 8.15. The number of hydrogen-bond donors (Lipinski definition) is 0. The van der Waals surface area contributed by atoms with Crippen molar-refractivity contribution in [2.75, 3.05) is 0 Å². The van der Waals surface area contributed by atoms with Gasteiger partial charge in [0.15, 0.2) is 5.78 Å². The van der Waals surface area contributed by atoms with Gasteiger partial charge in [0.1, 0.15) is 5.94 Å². The molecule has 0 aromatic carbocycles. The van der Waals surface area contributed by atoms with E-state index in [1.807, 2.05) is 0 Å². The predicted molar refractivity (Wildman–Crippen MR) is 39.3 cm³/mol. The summed E-state index contributed by atoms with van der Waals surface area (Å²) in [6, 6.07) is 0. The lowest BCUT2D eigenvalue weighted by Crippen LogP contribution is -1.98. The highest BCUT2D eigenvalue weighted by Crippen LogP contribution is 2.01. The minimum absolute atomic E-state index is 0.0964. The Bertz CT molecular complexity index is 207. The summed E-state index contributed by atoms with van der Waals surface area (Å²) in [5.74, 6) is 1.56. The Morgan fingerprint density at radius 1 is 1.50 bits per heavy atom. The number of ketones is 1. The van der Waals surface area contributed by atoms with Gasteiger partial charge in [-0.25, -0.2) is 4.79 Å². The molecule has 0 saturated heterocycles. The molecule has 0 spiro atoms. The zero-order valence-corrected chi connectivity index (χ0v) is 6.23. The zero-order valence-electron chi connectivity index (χ0n) is 6.23. The fraction of sp³-hybridized carbons (Fsp3) is 0.375. The van der Waals surface area contributed by atoms with Crippen LogP contribution in [0.5, 0.6) is 0 Å². The molecule has 0 bridgehead atoms. The number of carbonyl (C=O) groups excluding carboxylic acids is 2. The molecule has 0 saturated carbocycles. The van der Waals surface area contributed by atoms with E-state index in [0.717, 1.165) is 0 Å². The van der Waals surface area contributed by atoms with Gasteiger partial charge in [-0.3, -0.25) is 4.79 Å². The largest absolute Gasteiger partial charge is 0.294 e. The second-order valence-electron chi connectivity index (χ2n) is 2.26. The molecule has 0 fully saturated rings. The summed E-state index contributed by atoms with van der Waals surface area (Å²) in [7, 11) is 0. The van der Waals surface area contributed by atoms with Crippen LogP contribution in [0, 0.1) is 0 Å². The molecule has 0 heterocycles. The van der Waals surface area contributed by atoms with Crippen LogP contribution in [0.25, 0.3) is 0 Å². The summed E-state index contributed by atoms with van der Waals surface area (Å²) >= 11 is 0. The Hall–Kier alpha value is -1.14. The maximum Gasteiger partial charge on any atom is 0.162 e. The first-order chi connectivity index (χ1) is 4.57. The van der Waals surface area contributed by atoms with E-state index in [1.165, 1.54) is 0 Å². The predicted octanol–water partition coefficient (Wildman–Crippen LogP) is 1.30. The fourth-order valence-electron chi connectivity index (χ4n) is 0.428. The first-order valence-electron chi connectivity index (χ1n) is 2.97. The minimum atomic E-state index is -0.0964. The molecule has 0 aromatic heterocycles. The van der Waals surface area contributed by atoms with Crippen molar-refractivity contribution < 1.29 is 9.59 Å². The van der Waals surface area contributed by atoms with Crippen molar-refractivity contribution in [3.8, 4) is 0 Å². The average molecular weight is 138 g/mol. The van der Waals surface area contributed by atoms with E-state index < -0.39 is 0 Å². The lowest BCUT2D eigenvalue weighted by molar-refractivity contribution is -0.114. The van der Waals surface area contributed by atoms with Gasteiger partial charge >= 0.3 is 0 Å². The number of rotatable bonds is 3. The van der Waals surface area contributed by atoms with Crippen LogP contribution in [0.4, 0.5) is 0 Å². The van der Waals surface area contributed by atoms with Gasteiger partial charge in [-0.2, -0.15) is 0 Å². The molecule has 2 nitrogen and oxygen atoms in total. The summed E-state index contributed by atoms with van der Waals surface area (Å²) in [4.78, 5) is 20.7. The molecule has 10 heavy (non-hydrogen) atoms. The van der Waals surface area contributed by atoms with Gasteiger partial charge in [0.25, 0.3) is 0 Å². The van der Waals surface area contributed by atoms with Crippen molar-refractivity contribution in [1.82, 2.24) is 0 Å². The van der Waals surface area contributed by atoms with E-state index in [1.54, 1.807) is 19.8 Å². The summed E-state index contributed by atoms with van der Waals surface area (Å²) in [6.07, 6.45) is 0.152. The molecular formula is C8H10O2. The molecule has 0 N–H and O–H groups in total. The Morgan fingerprint density at radius 2 is 2.00 bits per heavy atom. The maximum absolute atomic E-state index is 10.8. The fourth-order valence-corrected chi connectivity index (χ4v) is 0.428. The molecule has 54 valence electrons. The Kier molecular flexibility index (Phi) is 3.37. The SMILES string of the molecule is C=C(C)C(=O)CC(C)=C=O. The van der Waals surface area contributed by atoms with E-state index in [0.29, 0.717) is 11.1 Å². The van der Waals surface area contributed by atoms with Crippen LogP contribution < -0.4 is 0 Å². The van der Waals surface area contributed by atoms with Gasteiger partial charge in [0.2, 0.25) is 0 Å². The van der Waals surface area contributed by atoms with E-state index in [4.69, 9.17) is 0 Å². The molecule has 0 radical (unpaired) electrons. The topological polar surface area (TPSA) is 34.1 Å². The molecule has 2 heteroatoms. The molecule has 0 aliphatic heterocycles. The molecule has 0 aliphatic rings. The normalized spacial score (nSPS) is 8.20. The molecule has 0 aromatic rings. The van der Waals surface area contributed by atoms with Crippen LogP contribution in [0.3, 0.4) is 0 Å². The van der Waals surface area contributed by atoms with Crippen molar-refractivity contribution in [1.29, 1.82) is 0 Å². The first kappa shape index (κ1) is 8.86. The van der Waals surface area contributed by atoms with Crippen molar-refractivity contribution in [2.24, 2.45) is 0 Å². The second kappa shape index (κ2) is 3.80. The van der Waals surface area contributed by atoms with Gasteiger partial charge in [0.05, 0.1) is 0 Å². The Balaban J connectivity index is 4.06. The van der Waals surface area contributed by atoms with E-state index in [-0.39, 0.29) is 12.2 Å². The van der Waals surface area contributed by atoms with Gasteiger partial charge in [-0.05, 0) is 19.4 Å². The maximum atomic E-state index is 10.8. The van der Waals surface area contributed by atoms with Gasteiger partial charge in [0, 0.05) is 12.0 Å². The molecule has 0 aliphatic carbocycles. The van der Waals surface area contributed by atoms with Crippen LogP contribution in [0.15, 0.2) is 17.7 Å². The summed E-state index contributed by atoms with van der Waals surface area (Å²) in [5.41, 5.74) is 0.905. The van der Waals surface area contributed by atoms with Crippen LogP contribution in [-0.2, 0) is 9.59 Å². The van der Waals surface area contributed by atoms with Gasteiger partial charge < -0.3 is 0 Å². The highest BCUT2D eigenvalue weighted by atomic mass is 16.1. The standard InChI is InChI=1S/C8H10O2/c1-6(2)8(10)4-7(3)5-9/h1,4H2,2-3H3. The lowest BCUT2D eigenvalue weighted by Gasteiger charge is -1.94. The van der Waals surface area contributed by atoms with E-state index in [2.05, 4.69) is 6.58 Å². The van der Waals surface area contributed by atoms with Crippen molar-refractivity contribution in [2.45, 2.75) is 20.3 Å². The number of hydrogen-bond acceptors (Lipinski definition) is 2. The van der Waals surface area contributed by atoms with Crippen LogP contribution in [-0.4, -0.2) is 11.7 Å². The highest BCUT2D eigenvalue weighted by Gasteiger charge is 2.02. The Labute approximate surface area is 60.2 Å². The molecule has 0 rings (SSSR count). The van der Waals surface area contributed by atoms with E-state index >= 15 is 0 Å². The quantitative estimate of drug-likeness (QED) is 0.435. The third-order valence-electron chi connectivity index (χ3n) is 1.08. The van der Waals surface area contributed by atoms with E-state index in [9.17, 15) is 9.59 Å². The van der Waals surface area contributed by atoms with Crippen molar-refractivity contribution in [3.05, 3.63) is 17.7 Å². The summed E-state index contributed by atoms with van der Waals surface area (Å²) < 4.78 is 0. The summed E-state index contributed by atoms with van der Waals surface area (Å²) in [5, 5.41) is 0. The monoisotopic (exact) mass is 138 g/mol. The van der Waals surface area contributed by atoms with Crippen LogP contribution in [0.1, 0.15) is 20.3 Å². The van der Waals surface area contributed by atoms with Gasteiger partial charge in [-0.15, -0.1) is 0 Å². The molecule has 0 unspecified atom stereocenters. The van der Waals surface area contributed by atoms with Gasteiger partial charge in [-0.1, -0.05) is 6.58 Å². The summed E-state index contributed by atoms with van der Waals surface area (Å²) in [6.45, 7) is 6.65. The second-order valence-corrected chi connectivity index (χ2v) is 2.26. The van der Waals surface area contributed by atoms with Crippen molar-refractivity contribution in [3.63, 3.8) is 0 Å². The lowest BCUT2D eigenvalue weighted by atomic mass is 10.1. The first-order valence-corrected chi connectivity index (χ1v) is 2.97. The highest BCUT2D eigenvalue weighted by molar-refractivity contribution is 5.96.